The van der Waals surface area contributed by atoms with Crippen LogP contribution >= 0.6 is 0 Å². The first-order valence-electron chi connectivity index (χ1n) is 10.2. The van der Waals surface area contributed by atoms with Gasteiger partial charge < -0.3 is 5.32 Å². The fourth-order valence-electron chi connectivity index (χ4n) is 4.27. The third kappa shape index (κ3) is 4.53. The SMILES string of the molecule is O=C(/C=C1/NC2(CCCC2)Cc2ccccc21)C(=O)N/N=C/c1ccc([N+](=O)[O-])cc1. The number of carbonyl (C=O) groups is 2. The van der Waals surface area contributed by atoms with Crippen LogP contribution in [0.25, 0.3) is 5.70 Å². The zero-order chi connectivity index (χ0) is 21.8. The highest BCUT2D eigenvalue weighted by Crippen LogP contribution is 2.39. The normalized spacial score (nSPS) is 18.0. The van der Waals surface area contributed by atoms with E-state index >= 15 is 0 Å². The fraction of sp³-hybridized carbons (Fsp3) is 0.261. The van der Waals surface area contributed by atoms with Crippen molar-refractivity contribution < 1.29 is 14.5 Å². The zero-order valence-corrected chi connectivity index (χ0v) is 16.8. The highest BCUT2D eigenvalue weighted by Gasteiger charge is 2.38. The van der Waals surface area contributed by atoms with E-state index in [4.69, 9.17) is 0 Å². The Hall–Kier alpha value is -3.81. The Morgan fingerprint density at radius 3 is 2.52 bits per heavy atom. The third-order valence-corrected chi connectivity index (χ3v) is 5.78. The first-order chi connectivity index (χ1) is 15.0. The Bertz CT molecular complexity index is 1080. The number of amides is 1. The quantitative estimate of drug-likeness (QED) is 0.255. The Balaban J connectivity index is 1.46. The van der Waals surface area contributed by atoms with Crippen molar-refractivity contribution in [3.05, 3.63) is 81.4 Å². The predicted molar refractivity (Wildman–Crippen MR) is 116 cm³/mol. The monoisotopic (exact) mass is 418 g/mol. The molecule has 2 aromatic rings. The van der Waals surface area contributed by atoms with Gasteiger partial charge in [0.25, 0.3) is 5.69 Å². The van der Waals surface area contributed by atoms with E-state index in [2.05, 4.69) is 21.9 Å². The molecule has 0 atom stereocenters. The van der Waals surface area contributed by atoms with E-state index in [1.807, 2.05) is 18.2 Å². The number of benzene rings is 2. The molecule has 158 valence electrons. The number of carbonyl (C=O) groups excluding carboxylic acids is 2. The van der Waals surface area contributed by atoms with Crippen molar-refractivity contribution in [3.8, 4) is 0 Å². The van der Waals surface area contributed by atoms with Crippen LogP contribution in [0.2, 0.25) is 0 Å². The maximum atomic E-state index is 12.5. The Morgan fingerprint density at radius 1 is 1.10 bits per heavy atom. The minimum atomic E-state index is -0.851. The van der Waals surface area contributed by atoms with E-state index in [0.717, 1.165) is 37.7 Å². The molecule has 0 aromatic heterocycles. The van der Waals surface area contributed by atoms with E-state index in [0.29, 0.717) is 11.3 Å². The van der Waals surface area contributed by atoms with Crippen molar-refractivity contribution in [2.24, 2.45) is 5.10 Å². The molecule has 2 N–H and O–H groups in total. The van der Waals surface area contributed by atoms with Crippen LogP contribution in [0.4, 0.5) is 5.69 Å². The number of fused-ring (bicyclic) bond motifs is 1. The second kappa shape index (κ2) is 8.51. The summed E-state index contributed by atoms with van der Waals surface area (Å²) in [5.41, 5.74) is 5.48. The molecule has 1 aliphatic carbocycles. The van der Waals surface area contributed by atoms with Gasteiger partial charge in [-0.25, -0.2) is 5.43 Å². The smallest absolute Gasteiger partial charge is 0.311 e. The molecule has 1 spiro atoms. The summed E-state index contributed by atoms with van der Waals surface area (Å²) in [6, 6.07) is 13.6. The molecule has 1 amide bonds. The highest BCUT2D eigenvalue weighted by molar-refractivity contribution is 6.41. The minimum Gasteiger partial charge on any atom is -0.379 e. The molecule has 1 aliphatic heterocycles. The van der Waals surface area contributed by atoms with E-state index in [-0.39, 0.29) is 11.2 Å². The van der Waals surface area contributed by atoms with Gasteiger partial charge in [-0.2, -0.15) is 5.10 Å². The molecule has 0 radical (unpaired) electrons. The highest BCUT2D eigenvalue weighted by atomic mass is 16.6. The molecule has 1 saturated carbocycles. The Labute approximate surface area is 179 Å². The van der Waals surface area contributed by atoms with Crippen LogP contribution in [0.1, 0.15) is 42.4 Å². The van der Waals surface area contributed by atoms with Crippen LogP contribution in [-0.2, 0) is 16.0 Å². The largest absolute Gasteiger partial charge is 0.379 e. The lowest BCUT2D eigenvalue weighted by atomic mass is 9.82. The van der Waals surface area contributed by atoms with E-state index < -0.39 is 16.6 Å². The zero-order valence-electron chi connectivity index (χ0n) is 16.8. The number of hydrazone groups is 1. The summed E-state index contributed by atoms with van der Waals surface area (Å²) < 4.78 is 0. The summed E-state index contributed by atoms with van der Waals surface area (Å²) >= 11 is 0. The van der Waals surface area contributed by atoms with Crippen LogP contribution in [0, 0.1) is 10.1 Å². The van der Waals surface area contributed by atoms with E-state index in [9.17, 15) is 19.7 Å². The molecule has 2 aromatic carbocycles. The van der Waals surface area contributed by atoms with Gasteiger partial charge in [0.05, 0.1) is 11.1 Å². The lowest BCUT2D eigenvalue weighted by Gasteiger charge is -2.38. The van der Waals surface area contributed by atoms with Crippen LogP contribution in [0.5, 0.6) is 0 Å². The second-order valence-corrected chi connectivity index (χ2v) is 7.92. The summed E-state index contributed by atoms with van der Waals surface area (Å²) in [6.45, 7) is 0. The summed E-state index contributed by atoms with van der Waals surface area (Å²) in [5.74, 6) is -1.55. The van der Waals surface area contributed by atoms with Crippen molar-refractivity contribution >= 4 is 29.3 Å². The standard InChI is InChI=1S/C23H22N4O4/c28-21(22(29)26-24-15-16-7-9-18(10-8-16)27(30)31)13-20-19-6-2-1-5-17(19)14-23(25-20)11-3-4-12-23/h1-2,5-10,13,15,25H,3-4,11-12,14H2,(H,26,29)/b20-13+,24-15+. The molecule has 4 rings (SSSR count). The molecule has 0 bridgehead atoms. The van der Waals surface area contributed by atoms with Gasteiger partial charge in [-0.05, 0) is 42.5 Å². The number of nitrogens with one attached hydrogen (secondary N) is 2. The summed E-state index contributed by atoms with van der Waals surface area (Å²) in [7, 11) is 0. The van der Waals surface area contributed by atoms with Crippen molar-refractivity contribution in [1.29, 1.82) is 0 Å². The first kappa shape index (κ1) is 20.5. The molecule has 8 heteroatoms. The van der Waals surface area contributed by atoms with Crippen LogP contribution < -0.4 is 10.7 Å². The number of nitro benzene ring substituents is 1. The lowest BCUT2D eigenvalue weighted by Crippen LogP contribution is -2.47. The third-order valence-electron chi connectivity index (χ3n) is 5.78. The average molecular weight is 418 g/mol. The topological polar surface area (TPSA) is 114 Å². The molecular formula is C23H22N4O4. The number of nitro groups is 1. The van der Waals surface area contributed by atoms with Gasteiger partial charge >= 0.3 is 5.91 Å². The van der Waals surface area contributed by atoms with E-state index in [1.54, 1.807) is 0 Å². The summed E-state index contributed by atoms with van der Waals surface area (Å²) in [4.78, 5) is 34.9. The Morgan fingerprint density at radius 2 is 1.81 bits per heavy atom. The number of hydrogen-bond donors (Lipinski definition) is 2. The molecule has 0 saturated heterocycles. The molecule has 8 nitrogen and oxygen atoms in total. The molecule has 31 heavy (non-hydrogen) atoms. The summed E-state index contributed by atoms with van der Waals surface area (Å²) in [6.07, 6.45) is 7.96. The van der Waals surface area contributed by atoms with Crippen LogP contribution in [0.15, 0.2) is 59.7 Å². The Kier molecular flexibility index (Phi) is 5.62. The first-order valence-corrected chi connectivity index (χ1v) is 10.2. The van der Waals surface area contributed by atoms with Gasteiger partial charge in [0.1, 0.15) is 0 Å². The summed E-state index contributed by atoms with van der Waals surface area (Å²) in [5, 5.41) is 18.0. The fourth-order valence-corrected chi connectivity index (χ4v) is 4.27. The van der Waals surface area contributed by atoms with Crippen molar-refractivity contribution in [2.45, 2.75) is 37.6 Å². The molecule has 1 fully saturated rings. The number of non-ortho nitro benzene ring substituents is 1. The van der Waals surface area contributed by atoms with Crippen molar-refractivity contribution in [3.63, 3.8) is 0 Å². The van der Waals surface area contributed by atoms with Gasteiger partial charge in [-0.3, -0.25) is 19.7 Å². The van der Waals surface area contributed by atoms with Gasteiger partial charge in [-0.15, -0.1) is 0 Å². The lowest BCUT2D eigenvalue weighted by molar-refractivity contribution is -0.384. The van der Waals surface area contributed by atoms with E-state index in [1.165, 1.54) is 42.1 Å². The van der Waals surface area contributed by atoms with Gasteiger partial charge in [-0.1, -0.05) is 37.1 Å². The van der Waals surface area contributed by atoms with Gasteiger partial charge in [0, 0.05) is 35.0 Å². The number of rotatable bonds is 5. The number of ketones is 1. The van der Waals surface area contributed by atoms with Crippen molar-refractivity contribution in [2.75, 3.05) is 0 Å². The molecular weight excluding hydrogens is 396 g/mol. The minimum absolute atomic E-state index is 0.0386. The second-order valence-electron chi connectivity index (χ2n) is 7.92. The van der Waals surface area contributed by atoms with Gasteiger partial charge in [0.2, 0.25) is 5.78 Å². The molecule has 1 heterocycles. The average Bonchev–Trinajstić information content (AvgIpc) is 3.21. The van der Waals surface area contributed by atoms with Crippen molar-refractivity contribution in [1.82, 2.24) is 10.7 Å². The maximum absolute atomic E-state index is 12.5. The maximum Gasteiger partial charge on any atom is 0.311 e. The van der Waals surface area contributed by atoms with Gasteiger partial charge in [0.15, 0.2) is 0 Å². The molecule has 2 aliphatic rings. The predicted octanol–water partition coefficient (Wildman–Crippen LogP) is 3.11. The number of nitrogens with zero attached hydrogens (tertiary/aromatic N) is 2. The molecule has 0 unspecified atom stereocenters. The van der Waals surface area contributed by atoms with Crippen LogP contribution in [-0.4, -0.2) is 28.4 Å². The number of hydrogen-bond acceptors (Lipinski definition) is 6. The van der Waals surface area contributed by atoms with Crippen LogP contribution in [0.3, 0.4) is 0 Å².